The Morgan fingerprint density at radius 1 is 0.362 bits per heavy atom. The summed E-state index contributed by atoms with van der Waals surface area (Å²) < 4.78 is 47.0. The van der Waals surface area contributed by atoms with E-state index in [9.17, 15) is 19.6 Å². The number of methoxy groups -OCH3 is 4. The summed E-state index contributed by atoms with van der Waals surface area (Å²) in [4.78, 5) is 47.2. The summed E-state index contributed by atoms with van der Waals surface area (Å²) in [5.74, 6) is 8.44. The molecule has 4 unspecified atom stereocenters. The molecule has 3 N–H and O–H groups in total. The molecule has 0 aromatic heterocycles. The highest BCUT2D eigenvalue weighted by atomic mass is 16.5. The van der Waals surface area contributed by atoms with Gasteiger partial charge in [0.25, 0.3) is 17.7 Å². The Balaban J connectivity index is 0.000000119. The number of nitriles is 1. The van der Waals surface area contributed by atoms with Crippen LogP contribution < -0.4 is 53.8 Å². The van der Waals surface area contributed by atoms with Crippen molar-refractivity contribution in [3.8, 4) is 52.1 Å². The van der Waals surface area contributed by atoms with Crippen LogP contribution in [-0.2, 0) is 19.6 Å². The zero-order valence-electron chi connectivity index (χ0n) is 75.4. The van der Waals surface area contributed by atoms with Crippen LogP contribution in [0, 0.1) is 23.2 Å². The highest BCUT2D eigenvalue weighted by Gasteiger charge is 2.45. The lowest BCUT2D eigenvalue weighted by molar-refractivity contribution is 0.0957. The molecule has 1 saturated carbocycles. The molecule has 666 valence electrons. The number of fused-ring (bicyclic) bond motifs is 11. The number of carbonyl (C=O) groups is 3. The Kier molecular flexibility index (Phi) is 28.5. The monoisotopic (exact) mass is 1710 g/mol. The standard InChI is InChI=1S/C28H32N2O3.C27H34N2O3.C27H32N2O3.C26H30N2O2/c1-32-24-9-4-19(5-10-24)26-13-23-8-7-22(30(23)16-18-2-3-18)12-21(26)17-33-25-11-6-20-15-29-28(31)27(20)14-25;2*1-3-11-29-21-8-9-22(29)14-25(18-5-4-6-23(13-18)31-2)20(12-21)17-32-24-10-7-19-16-28-27(30)26(19)15-24;1-3-13-28-22-9-10-23(28)16-26(20-7-11-24(29-2)12-8-20)21(15-22)18-30-25-6-4-5-19(14-25)17-27/h4-6,9-11,14,18,22-23H,2-3,7-8,12-13,15-17H2,1H3,(H,29,31);4-7,10,13,15,20-22,25H,3,8-9,11-12,14,16-17H2,1-2H3,(H,28,30);4-7,10,13,15,21-22H,3,8-9,11-12,14,16-17H2,1-2H3,(H,28,30);4-8,11-12,14,22-23H,3,9-10,13,15-16,18H2,1-2H3/t;20-,21+,22-,25-;;22-,23+/m.1.1/s1. The van der Waals surface area contributed by atoms with Gasteiger partial charge in [-0.15, -0.1) is 0 Å². The van der Waals surface area contributed by atoms with Crippen molar-refractivity contribution in [2.45, 2.75) is 229 Å². The summed E-state index contributed by atoms with van der Waals surface area (Å²) in [6.45, 7) is 15.8. The maximum atomic E-state index is 12.1. The van der Waals surface area contributed by atoms with Gasteiger partial charge in [0.1, 0.15) is 65.8 Å². The second kappa shape index (κ2) is 41.0. The summed E-state index contributed by atoms with van der Waals surface area (Å²) in [5, 5.41) is 17.8. The Labute approximate surface area is 751 Å². The van der Waals surface area contributed by atoms with Gasteiger partial charge in [0.15, 0.2) is 0 Å². The van der Waals surface area contributed by atoms with Crippen molar-refractivity contribution in [2.24, 2.45) is 11.8 Å². The van der Waals surface area contributed by atoms with Crippen molar-refractivity contribution in [3.63, 3.8) is 0 Å². The van der Waals surface area contributed by atoms with Gasteiger partial charge in [-0.3, -0.25) is 34.0 Å². The number of hydrogen-bond acceptors (Lipinski definition) is 16. The highest BCUT2D eigenvalue weighted by molar-refractivity contribution is 6.00. The maximum absolute atomic E-state index is 12.1. The summed E-state index contributed by atoms with van der Waals surface area (Å²) in [5.41, 5.74) is 19.6. The quantitative estimate of drug-likeness (QED) is 0.0418. The number of nitrogens with one attached hydrogen (secondary N) is 3. The van der Waals surface area contributed by atoms with Gasteiger partial charge in [-0.2, -0.15) is 5.26 Å². The Bertz CT molecular complexity index is 5360. The molecule has 0 radical (unpaired) electrons. The van der Waals surface area contributed by atoms with Gasteiger partial charge >= 0.3 is 0 Å². The van der Waals surface area contributed by atoms with Gasteiger partial charge < -0.3 is 53.8 Å². The van der Waals surface area contributed by atoms with Crippen molar-refractivity contribution < 1.29 is 52.3 Å². The van der Waals surface area contributed by atoms with Gasteiger partial charge in [0, 0.05) is 97.1 Å². The number of ether oxygens (including phenoxy) is 8. The minimum absolute atomic E-state index is 0.00157. The van der Waals surface area contributed by atoms with E-state index >= 15 is 0 Å². The van der Waals surface area contributed by atoms with Crippen molar-refractivity contribution in [1.29, 1.82) is 5.26 Å². The van der Waals surface area contributed by atoms with Crippen molar-refractivity contribution in [3.05, 3.63) is 254 Å². The number of benzene rings is 8. The fourth-order valence-corrected chi connectivity index (χ4v) is 22.5. The zero-order valence-corrected chi connectivity index (χ0v) is 75.4. The molecule has 8 aromatic rings. The summed E-state index contributed by atoms with van der Waals surface area (Å²) >= 11 is 0. The number of carbonyl (C=O) groups excluding carboxylic acids is 3. The van der Waals surface area contributed by atoms with E-state index in [-0.39, 0.29) is 17.7 Å². The predicted molar refractivity (Wildman–Crippen MR) is 500 cm³/mol. The average Bonchev–Trinajstić information content (AvgIpc) is 1.66. The van der Waals surface area contributed by atoms with E-state index in [1.54, 1.807) is 28.4 Å². The van der Waals surface area contributed by atoms with Crippen LogP contribution >= 0.6 is 0 Å². The number of amides is 3. The largest absolute Gasteiger partial charge is 0.497 e. The van der Waals surface area contributed by atoms with E-state index in [0.717, 1.165) is 137 Å². The van der Waals surface area contributed by atoms with E-state index in [1.807, 2.05) is 103 Å². The molecule has 11 heterocycles. The Morgan fingerprint density at radius 2 is 0.740 bits per heavy atom. The Morgan fingerprint density at radius 3 is 1.20 bits per heavy atom. The van der Waals surface area contributed by atoms with E-state index in [2.05, 4.69) is 135 Å². The molecule has 8 aromatic carbocycles. The van der Waals surface area contributed by atoms with E-state index in [4.69, 9.17) is 37.9 Å². The van der Waals surface area contributed by atoms with Gasteiger partial charge in [-0.05, 0) is 342 Å². The van der Waals surface area contributed by atoms with Gasteiger partial charge in [0.05, 0.1) is 46.7 Å². The number of rotatable bonds is 28. The molecule has 12 aliphatic rings. The molecule has 1 aliphatic carbocycles. The fourth-order valence-electron chi connectivity index (χ4n) is 22.5. The third-order valence-electron chi connectivity index (χ3n) is 29.2. The first-order chi connectivity index (χ1) is 62.2. The lowest BCUT2D eigenvalue weighted by Gasteiger charge is -2.29. The lowest BCUT2D eigenvalue weighted by Crippen LogP contribution is -2.36. The van der Waals surface area contributed by atoms with Gasteiger partial charge in [0.2, 0.25) is 0 Å². The van der Waals surface area contributed by atoms with Crippen LogP contribution in [-0.4, -0.2) is 167 Å². The second-order valence-corrected chi connectivity index (χ2v) is 37.0. The first kappa shape index (κ1) is 88.2. The molecule has 6 fully saturated rings. The Hall–Kier alpha value is -10.9. The van der Waals surface area contributed by atoms with Crippen LogP contribution in [0.2, 0.25) is 0 Å². The summed E-state index contributed by atoms with van der Waals surface area (Å²) in [7, 11) is 6.88. The molecular formula is C108H128N8O11. The second-order valence-electron chi connectivity index (χ2n) is 37.0. The molecular weight excluding hydrogens is 1590 g/mol. The SMILES string of the molecule is CCCN1C2CCC1CC(c1cccc(OC)c1)=C(COc1ccc3c(c1)C(=O)NC3)C2.CCCN1[C@@H]2CC[C@H]1CC(c1ccc(OC)cc1)=C(COc1cccc(C#N)c1)C2.CCCN1[C@@H]2CC[C@H]1C[C@H](COc1ccc3c(c1)C(=O)NC3)[C@@H](c1cccc(OC)c1)C2.COc1ccc(C2=C(COc3ccc4c(c3)C(=O)NC4)CC3CCC(C2)N3CC2CC2)cc1. The predicted octanol–water partition coefficient (Wildman–Crippen LogP) is 19.8. The molecule has 19 nitrogen and oxygen atoms in total. The molecule has 127 heavy (non-hydrogen) atoms. The van der Waals surface area contributed by atoms with Crippen LogP contribution in [0.3, 0.4) is 0 Å². The van der Waals surface area contributed by atoms with Crippen LogP contribution in [0.25, 0.3) is 16.7 Å². The molecule has 0 spiro atoms. The van der Waals surface area contributed by atoms with Crippen molar-refractivity contribution >= 4 is 34.4 Å². The molecule has 20 rings (SSSR count). The number of nitrogens with zero attached hydrogens (tertiary/aromatic N) is 5. The van der Waals surface area contributed by atoms with Crippen molar-refractivity contribution in [1.82, 2.24) is 35.6 Å². The molecule has 11 aliphatic heterocycles. The molecule has 10 atom stereocenters. The summed E-state index contributed by atoms with van der Waals surface area (Å²) in [6, 6.07) is 66.3. The summed E-state index contributed by atoms with van der Waals surface area (Å²) in [6.07, 6.45) is 25.3. The molecule has 3 amide bonds. The van der Waals surface area contributed by atoms with Gasteiger partial charge in [-0.25, -0.2) is 0 Å². The van der Waals surface area contributed by atoms with E-state index in [0.29, 0.717) is 112 Å². The zero-order chi connectivity index (χ0) is 87.4. The minimum atomic E-state index is -0.0104. The topological polar surface area (TPSA) is 198 Å². The van der Waals surface area contributed by atoms with Crippen molar-refractivity contribution in [2.75, 3.05) is 81.0 Å². The lowest BCUT2D eigenvalue weighted by atomic mass is 9.78. The maximum Gasteiger partial charge on any atom is 0.252 e. The third-order valence-corrected chi connectivity index (χ3v) is 29.2. The number of hydrogen-bond donors (Lipinski definition) is 3. The third kappa shape index (κ3) is 20.6. The van der Waals surface area contributed by atoms with E-state index < -0.39 is 0 Å². The first-order valence-corrected chi connectivity index (χ1v) is 47.2. The van der Waals surface area contributed by atoms with Gasteiger partial charge in [-0.1, -0.05) is 93.6 Å². The highest BCUT2D eigenvalue weighted by Crippen LogP contribution is 2.49. The van der Waals surface area contributed by atoms with Crippen LogP contribution in [0.1, 0.15) is 237 Å². The molecule has 19 heteroatoms. The smallest absolute Gasteiger partial charge is 0.252 e. The normalized spacial score (nSPS) is 23.8. The van der Waals surface area contributed by atoms with Crippen LogP contribution in [0.15, 0.2) is 193 Å². The van der Waals surface area contributed by atoms with E-state index in [1.165, 1.54) is 165 Å². The van der Waals surface area contributed by atoms with Crippen LogP contribution in [0.5, 0.6) is 46.0 Å². The minimum Gasteiger partial charge on any atom is -0.497 e. The molecule has 8 bridgehead atoms. The average molecular weight is 1710 g/mol. The molecule has 5 saturated heterocycles. The first-order valence-electron chi connectivity index (χ1n) is 47.2. The van der Waals surface area contributed by atoms with Crippen LogP contribution in [0.4, 0.5) is 0 Å². The fraction of sp³-hybridized carbons (Fsp3) is 0.463.